The number of hydrogen-bond donors (Lipinski definition) is 2. The Bertz CT molecular complexity index is 432. The van der Waals surface area contributed by atoms with Gasteiger partial charge in [0, 0.05) is 6.20 Å². The maximum absolute atomic E-state index is 11.0. The number of aromatic nitrogens is 2. The van der Waals surface area contributed by atoms with Gasteiger partial charge in [-0.1, -0.05) is 0 Å². The molecule has 64 valence electrons. The maximum Gasteiger partial charge on any atom is 0.422 e. The molecule has 0 unspecified atom stereocenters. The highest BCUT2D eigenvalue weighted by molar-refractivity contribution is 14.1. The Morgan fingerprint density at radius 3 is 2.58 bits per heavy atom. The molecule has 0 amide bonds. The average Bonchev–Trinajstić information content (AvgIpc) is 1.97. The predicted molar refractivity (Wildman–Crippen MR) is 47.5 cm³/mol. The fourth-order valence-corrected chi connectivity index (χ4v) is 1.02. The largest absolute Gasteiger partial charge is 0.464 e. The summed E-state index contributed by atoms with van der Waals surface area (Å²) >= 11 is 1.63. The first-order chi connectivity index (χ1) is 5.54. The zero-order valence-corrected chi connectivity index (χ0v) is 7.73. The first-order valence-electron chi connectivity index (χ1n) is 2.77. The molecule has 0 spiro atoms. The summed E-state index contributed by atoms with van der Waals surface area (Å²) in [5.41, 5.74) is -1.78. The van der Waals surface area contributed by atoms with E-state index < -0.39 is 17.3 Å². The molecular formula is C5H3IN2O4. The predicted octanol–water partition coefficient (Wildman–Crippen LogP) is -0.333. The van der Waals surface area contributed by atoms with E-state index in [2.05, 4.69) is 4.98 Å². The van der Waals surface area contributed by atoms with Gasteiger partial charge in [-0.05, 0) is 22.6 Å². The van der Waals surface area contributed by atoms with E-state index in [0.29, 0.717) is 0 Å². The third kappa shape index (κ3) is 1.40. The number of hydrogen-bond acceptors (Lipinski definition) is 3. The summed E-state index contributed by atoms with van der Waals surface area (Å²) in [5.74, 6) is 0. The van der Waals surface area contributed by atoms with E-state index in [1.54, 1.807) is 22.6 Å². The van der Waals surface area contributed by atoms with Crippen LogP contribution < -0.4 is 11.2 Å². The summed E-state index contributed by atoms with van der Waals surface area (Å²) < 4.78 is 0.261. The number of rotatable bonds is 0. The van der Waals surface area contributed by atoms with Crippen LogP contribution in [0.25, 0.3) is 0 Å². The van der Waals surface area contributed by atoms with Crippen molar-refractivity contribution in [1.29, 1.82) is 0 Å². The van der Waals surface area contributed by atoms with Crippen molar-refractivity contribution in [3.05, 3.63) is 30.6 Å². The van der Waals surface area contributed by atoms with Crippen LogP contribution in [0.2, 0.25) is 0 Å². The van der Waals surface area contributed by atoms with Crippen LogP contribution >= 0.6 is 22.6 Å². The Morgan fingerprint density at radius 2 is 2.17 bits per heavy atom. The third-order valence-corrected chi connectivity index (χ3v) is 1.90. The van der Waals surface area contributed by atoms with Gasteiger partial charge in [0.2, 0.25) is 0 Å². The van der Waals surface area contributed by atoms with Gasteiger partial charge in [0.15, 0.2) is 0 Å². The van der Waals surface area contributed by atoms with Gasteiger partial charge in [-0.3, -0.25) is 4.79 Å². The summed E-state index contributed by atoms with van der Waals surface area (Å²) in [6, 6.07) is 0. The number of halogens is 1. The van der Waals surface area contributed by atoms with E-state index in [1.165, 1.54) is 0 Å². The minimum atomic E-state index is -1.58. The smallest absolute Gasteiger partial charge is 0.422 e. The van der Waals surface area contributed by atoms with Crippen LogP contribution in [0.1, 0.15) is 0 Å². The summed E-state index contributed by atoms with van der Waals surface area (Å²) in [5, 5.41) is 8.41. The Kier molecular flexibility index (Phi) is 2.31. The second-order valence-corrected chi connectivity index (χ2v) is 3.03. The van der Waals surface area contributed by atoms with Crippen molar-refractivity contribution < 1.29 is 9.90 Å². The molecule has 1 aromatic heterocycles. The van der Waals surface area contributed by atoms with Crippen molar-refractivity contribution in [3.63, 3.8) is 0 Å². The van der Waals surface area contributed by atoms with Gasteiger partial charge in [0.05, 0.1) is 3.57 Å². The molecule has 0 bridgehead atoms. The highest BCUT2D eigenvalue weighted by Gasteiger charge is 2.10. The van der Waals surface area contributed by atoms with Crippen LogP contribution in [0.3, 0.4) is 0 Å². The van der Waals surface area contributed by atoms with Crippen molar-refractivity contribution in [1.82, 2.24) is 9.55 Å². The molecule has 7 heteroatoms. The van der Waals surface area contributed by atoms with Crippen LogP contribution in [-0.4, -0.2) is 20.8 Å². The number of carboxylic acid groups (broad SMARTS) is 1. The summed E-state index contributed by atoms with van der Waals surface area (Å²) in [6.07, 6.45) is -0.426. The molecule has 12 heavy (non-hydrogen) atoms. The second-order valence-electron chi connectivity index (χ2n) is 1.86. The minimum Gasteiger partial charge on any atom is -0.464 e. The van der Waals surface area contributed by atoms with Gasteiger partial charge in [0.25, 0.3) is 5.56 Å². The quantitative estimate of drug-likeness (QED) is 0.637. The molecule has 0 radical (unpaired) electrons. The molecule has 0 aliphatic carbocycles. The molecule has 0 saturated heterocycles. The van der Waals surface area contributed by atoms with Crippen LogP contribution in [0.15, 0.2) is 15.8 Å². The number of aromatic amines is 1. The van der Waals surface area contributed by atoms with Crippen LogP contribution in [-0.2, 0) is 0 Å². The Morgan fingerprint density at radius 1 is 1.58 bits per heavy atom. The highest BCUT2D eigenvalue weighted by atomic mass is 127. The monoisotopic (exact) mass is 282 g/mol. The first kappa shape index (κ1) is 8.97. The average molecular weight is 282 g/mol. The molecular weight excluding hydrogens is 279 g/mol. The summed E-state index contributed by atoms with van der Waals surface area (Å²) in [4.78, 5) is 34.2. The molecule has 1 aromatic rings. The Labute approximate surface area is 79.0 Å². The number of H-pyrrole nitrogens is 1. The summed E-state index contributed by atoms with van der Waals surface area (Å²) in [6.45, 7) is 0. The van der Waals surface area contributed by atoms with E-state index in [-0.39, 0.29) is 8.14 Å². The number of nitrogens with zero attached hydrogens (tertiary/aromatic N) is 1. The Hall–Kier alpha value is -1.12. The van der Waals surface area contributed by atoms with E-state index in [1.807, 2.05) is 0 Å². The molecule has 1 rings (SSSR count). The molecule has 0 saturated carbocycles. The lowest BCUT2D eigenvalue weighted by Crippen LogP contribution is -2.40. The second kappa shape index (κ2) is 3.09. The zero-order valence-electron chi connectivity index (χ0n) is 5.57. The lowest BCUT2D eigenvalue weighted by molar-refractivity contribution is 0.194. The van der Waals surface area contributed by atoms with E-state index in [0.717, 1.165) is 6.20 Å². The van der Waals surface area contributed by atoms with Gasteiger partial charge in [-0.15, -0.1) is 0 Å². The zero-order chi connectivity index (χ0) is 9.30. The molecule has 6 nitrogen and oxygen atoms in total. The Balaban J connectivity index is 3.67. The van der Waals surface area contributed by atoms with Gasteiger partial charge in [-0.2, -0.15) is 4.57 Å². The fraction of sp³-hybridized carbons (Fsp3) is 0. The molecule has 0 aliphatic heterocycles. The number of carbonyl (C=O) groups is 1. The first-order valence-corrected chi connectivity index (χ1v) is 3.85. The normalized spacial score (nSPS) is 9.75. The van der Waals surface area contributed by atoms with Crippen molar-refractivity contribution in [2.24, 2.45) is 0 Å². The molecule has 0 aromatic carbocycles. The molecule has 0 aliphatic rings. The molecule has 1 heterocycles. The molecule has 2 N–H and O–H groups in total. The third-order valence-electron chi connectivity index (χ3n) is 1.12. The van der Waals surface area contributed by atoms with Gasteiger partial charge in [0.1, 0.15) is 0 Å². The standard InChI is InChI=1S/C5H3IN2O4/c6-2-1-7-4(10)8(3(2)9)5(11)12/h1H,(H,7,10)(H,11,12). The lowest BCUT2D eigenvalue weighted by Gasteiger charge is -1.95. The molecule has 0 atom stereocenters. The van der Waals surface area contributed by atoms with Crippen molar-refractivity contribution in [3.8, 4) is 0 Å². The van der Waals surface area contributed by atoms with E-state index in [9.17, 15) is 14.4 Å². The highest BCUT2D eigenvalue weighted by Crippen LogP contribution is 1.89. The fourth-order valence-electron chi connectivity index (χ4n) is 0.624. The SMILES string of the molecule is O=C(O)n1c(=O)[nH]cc(I)c1=O. The maximum atomic E-state index is 11.0. The van der Waals surface area contributed by atoms with Gasteiger partial charge >= 0.3 is 11.8 Å². The number of nitrogens with one attached hydrogen (secondary N) is 1. The molecule has 0 fully saturated rings. The van der Waals surface area contributed by atoms with E-state index >= 15 is 0 Å². The van der Waals surface area contributed by atoms with Crippen LogP contribution in [0, 0.1) is 3.57 Å². The minimum absolute atomic E-state index is 0.113. The topological polar surface area (TPSA) is 92.2 Å². The van der Waals surface area contributed by atoms with Crippen molar-refractivity contribution >= 4 is 28.7 Å². The lowest BCUT2D eigenvalue weighted by atomic mass is 10.6. The van der Waals surface area contributed by atoms with Crippen LogP contribution in [0.4, 0.5) is 4.79 Å². The van der Waals surface area contributed by atoms with Crippen molar-refractivity contribution in [2.75, 3.05) is 0 Å². The van der Waals surface area contributed by atoms with Gasteiger partial charge < -0.3 is 10.1 Å². The summed E-state index contributed by atoms with van der Waals surface area (Å²) in [7, 11) is 0. The van der Waals surface area contributed by atoms with E-state index in [4.69, 9.17) is 5.11 Å². The van der Waals surface area contributed by atoms with Crippen LogP contribution in [0.5, 0.6) is 0 Å². The van der Waals surface area contributed by atoms with Crippen molar-refractivity contribution in [2.45, 2.75) is 0 Å². The van der Waals surface area contributed by atoms with Gasteiger partial charge in [-0.25, -0.2) is 9.59 Å².